The summed E-state index contributed by atoms with van der Waals surface area (Å²) >= 11 is 0. The quantitative estimate of drug-likeness (QED) is 0.272. The lowest BCUT2D eigenvalue weighted by Gasteiger charge is -2.17. The van der Waals surface area contributed by atoms with Crippen molar-refractivity contribution in [3.8, 4) is 22.6 Å². The van der Waals surface area contributed by atoms with Gasteiger partial charge in [-0.1, -0.05) is 48.5 Å². The molecule has 1 heterocycles. The van der Waals surface area contributed by atoms with Crippen molar-refractivity contribution >= 4 is 11.9 Å². The fourth-order valence-electron chi connectivity index (χ4n) is 3.93. The molecule has 0 aliphatic heterocycles. The van der Waals surface area contributed by atoms with Crippen LogP contribution in [0.25, 0.3) is 11.1 Å². The Morgan fingerprint density at radius 2 is 1.58 bits per heavy atom. The molecular formula is C30H29N3O5. The topological polar surface area (TPSA) is 113 Å². The molecule has 0 aliphatic rings. The summed E-state index contributed by atoms with van der Waals surface area (Å²) in [6.07, 6.45) is -0.125. The summed E-state index contributed by atoms with van der Waals surface area (Å²) in [5.41, 5.74) is 2.95. The van der Waals surface area contributed by atoms with E-state index in [0.717, 1.165) is 10.3 Å². The van der Waals surface area contributed by atoms with Crippen molar-refractivity contribution < 1.29 is 24.6 Å². The van der Waals surface area contributed by atoms with Gasteiger partial charge in [0, 0.05) is 23.7 Å². The highest BCUT2D eigenvalue weighted by Crippen LogP contribution is 2.34. The highest BCUT2D eigenvalue weighted by molar-refractivity contribution is 5.87. The first kappa shape index (κ1) is 26.2. The van der Waals surface area contributed by atoms with Gasteiger partial charge in [-0.25, -0.2) is 4.79 Å². The van der Waals surface area contributed by atoms with Gasteiger partial charge in [-0.2, -0.15) is 4.73 Å². The molecule has 0 radical (unpaired) electrons. The van der Waals surface area contributed by atoms with Crippen LogP contribution in [0.1, 0.15) is 35.5 Å². The number of hydrogen-bond acceptors (Lipinski definition) is 5. The van der Waals surface area contributed by atoms with Gasteiger partial charge in [0.05, 0.1) is 17.7 Å². The van der Waals surface area contributed by atoms with Gasteiger partial charge >= 0.3 is 5.97 Å². The molecule has 0 atom stereocenters. The van der Waals surface area contributed by atoms with E-state index in [4.69, 9.17) is 9.84 Å². The summed E-state index contributed by atoms with van der Waals surface area (Å²) in [5.74, 6) is -0.0905. The molecule has 4 rings (SSSR count). The van der Waals surface area contributed by atoms with Crippen molar-refractivity contribution in [3.05, 3.63) is 113 Å². The van der Waals surface area contributed by atoms with Gasteiger partial charge in [0.2, 0.25) is 5.91 Å². The first-order valence-corrected chi connectivity index (χ1v) is 12.2. The Hall–Kier alpha value is -4.85. The van der Waals surface area contributed by atoms with Gasteiger partial charge in [0.15, 0.2) is 5.49 Å². The van der Waals surface area contributed by atoms with E-state index in [0.29, 0.717) is 33.8 Å². The van der Waals surface area contributed by atoms with E-state index >= 15 is 0 Å². The zero-order chi connectivity index (χ0) is 27.1. The third-order valence-corrected chi connectivity index (χ3v) is 5.74. The number of benzene rings is 3. The van der Waals surface area contributed by atoms with Crippen LogP contribution in [0, 0.1) is 0 Å². The minimum Gasteiger partial charge on any atom is -0.478 e. The molecular weight excluding hydrogens is 482 g/mol. The van der Waals surface area contributed by atoms with E-state index in [1.165, 1.54) is 12.1 Å². The van der Waals surface area contributed by atoms with Crippen LogP contribution in [0.15, 0.2) is 96.0 Å². The molecule has 194 valence electrons. The molecule has 4 aromatic rings. The van der Waals surface area contributed by atoms with Gasteiger partial charge in [-0.15, -0.1) is 0 Å². The van der Waals surface area contributed by atoms with Crippen LogP contribution in [0.4, 0.5) is 0 Å². The minimum absolute atomic E-state index is 0.0663. The van der Waals surface area contributed by atoms with Crippen molar-refractivity contribution in [1.82, 2.24) is 10.0 Å². The fraction of sp³-hybridized carbons (Fsp3) is 0.167. The smallest absolute Gasteiger partial charge is 0.335 e. The van der Waals surface area contributed by atoms with Crippen LogP contribution < -0.4 is 15.5 Å². The van der Waals surface area contributed by atoms with Gasteiger partial charge in [-0.3, -0.25) is 9.79 Å². The highest BCUT2D eigenvalue weighted by Gasteiger charge is 2.18. The van der Waals surface area contributed by atoms with Gasteiger partial charge in [-0.05, 0) is 61.9 Å². The van der Waals surface area contributed by atoms with E-state index in [1.54, 1.807) is 18.2 Å². The monoisotopic (exact) mass is 511 g/mol. The van der Waals surface area contributed by atoms with Crippen LogP contribution in [-0.2, 0) is 17.8 Å². The summed E-state index contributed by atoms with van der Waals surface area (Å²) in [7, 11) is 0. The van der Waals surface area contributed by atoms with Crippen LogP contribution in [0.2, 0.25) is 0 Å². The zero-order valence-electron chi connectivity index (χ0n) is 21.2. The van der Waals surface area contributed by atoms with Gasteiger partial charge in [0.25, 0.3) is 0 Å². The van der Waals surface area contributed by atoms with E-state index in [9.17, 15) is 14.8 Å². The van der Waals surface area contributed by atoms with Crippen LogP contribution in [0.3, 0.4) is 0 Å². The fourth-order valence-corrected chi connectivity index (χ4v) is 3.93. The number of pyridine rings is 1. The minimum atomic E-state index is -1.01. The number of nitrogens with zero attached hydrogens (tertiary/aromatic N) is 2. The number of rotatable bonds is 9. The van der Waals surface area contributed by atoms with Crippen molar-refractivity contribution in [2.75, 3.05) is 0 Å². The highest BCUT2D eigenvalue weighted by atomic mass is 16.5. The Kier molecular flexibility index (Phi) is 8.23. The first-order valence-electron chi connectivity index (χ1n) is 12.2. The number of para-hydroxylation sites is 2. The SMILES string of the molecule is CC(C)N=c1ccc(-c2ccccc2Oc2ccccc2)c(CC(=O)NCc2ccc(C(=O)O)cc2)n1O. The second kappa shape index (κ2) is 11.9. The third-order valence-electron chi connectivity index (χ3n) is 5.74. The maximum atomic E-state index is 13.0. The lowest BCUT2D eigenvalue weighted by molar-refractivity contribution is -0.120. The largest absolute Gasteiger partial charge is 0.478 e. The summed E-state index contributed by atoms with van der Waals surface area (Å²) in [5, 5.41) is 23.0. The van der Waals surface area contributed by atoms with E-state index in [1.807, 2.05) is 74.5 Å². The molecule has 0 fully saturated rings. The molecule has 3 N–H and O–H groups in total. The summed E-state index contributed by atoms with van der Waals surface area (Å²) in [6, 6.07) is 26.6. The number of nitrogens with one attached hydrogen (secondary N) is 1. The number of amides is 1. The van der Waals surface area contributed by atoms with Crippen LogP contribution >= 0.6 is 0 Å². The molecule has 0 spiro atoms. The van der Waals surface area contributed by atoms with Crippen molar-refractivity contribution in [3.63, 3.8) is 0 Å². The average molecular weight is 512 g/mol. The second-order valence-electron chi connectivity index (χ2n) is 8.95. The molecule has 1 amide bonds. The number of carboxylic acid groups (broad SMARTS) is 1. The Balaban J connectivity index is 1.66. The lowest BCUT2D eigenvalue weighted by atomic mass is 10.0. The predicted octanol–water partition coefficient (Wildman–Crippen LogP) is 5.05. The Bertz CT molecular complexity index is 1490. The van der Waals surface area contributed by atoms with Crippen molar-refractivity contribution in [1.29, 1.82) is 0 Å². The van der Waals surface area contributed by atoms with Crippen molar-refractivity contribution in [2.24, 2.45) is 4.99 Å². The van der Waals surface area contributed by atoms with Crippen LogP contribution in [-0.4, -0.2) is 33.0 Å². The number of carbonyl (C=O) groups is 2. The van der Waals surface area contributed by atoms with E-state index in [-0.39, 0.29) is 30.5 Å². The molecule has 8 heteroatoms. The summed E-state index contributed by atoms with van der Waals surface area (Å²) in [6.45, 7) is 4.01. The Morgan fingerprint density at radius 3 is 2.26 bits per heavy atom. The van der Waals surface area contributed by atoms with E-state index < -0.39 is 5.97 Å². The molecule has 8 nitrogen and oxygen atoms in total. The molecule has 0 saturated carbocycles. The molecule has 0 bridgehead atoms. The zero-order valence-corrected chi connectivity index (χ0v) is 21.2. The lowest BCUT2D eigenvalue weighted by Crippen LogP contribution is -2.30. The maximum absolute atomic E-state index is 13.0. The normalized spacial score (nSPS) is 11.4. The molecule has 38 heavy (non-hydrogen) atoms. The molecule has 0 aliphatic carbocycles. The van der Waals surface area contributed by atoms with Crippen molar-refractivity contribution in [2.45, 2.75) is 32.9 Å². The molecule has 1 aromatic heterocycles. The van der Waals surface area contributed by atoms with Gasteiger partial charge in [0.1, 0.15) is 11.5 Å². The predicted molar refractivity (Wildman–Crippen MR) is 143 cm³/mol. The molecule has 0 unspecified atom stereocenters. The summed E-state index contributed by atoms with van der Waals surface area (Å²) < 4.78 is 7.09. The number of ether oxygens (including phenoxy) is 1. The van der Waals surface area contributed by atoms with E-state index in [2.05, 4.69) is 10.3 Å². The summed E-state index contributed by atoms with van der Waals surface area (Å²) in [4.78, 5) is 28.6. The molecule has 3 aromatic carbocycles. The average Bonchev–Trinajstić information content (AvgIpc) is 2.91. The third kappa shape index (κ3) is 6.47. The number of hydrogen-bond donors (Lipinski definition) is 3. The Labute approximate surface area is 220 Å². The van der Waals surface area contributed by atoms with Gasteiger partial charge < -0.3 is 20.4 Å². The standard InChI is InChI=1S/C30H29N3O5/c1-20(2)32-28-17-16-24(25-10-6-7-11-27(25)38-23-8-4-3-5-9-23)26(33(28)37)18-29(34)31-19-21-12-14-22(15-13-21)30(35)36/h3-17,20,37H,18-19H2,1-2H3,(H,31,34)(H,35,36). The number of aromatic nitrogens is 1. The second-order valence-corrected chi connectivity index (χ2v) is 8.95. The number of carbonyl (C=O) groups excluding carboxylic acids is 1. The first-order chi connectivity index (χ1) is 18.3. The maximum Gasteiger partial charge on any atom is 0.335 e. The molecule has 0 saturated heterocycles. The number of carboxylic acids is 1. The van der Waals surface area contributed by atoms with Crippen LogP contribution in [0.5, 0.6) is 11.5 Å². The number of aromatic carboxylic acids is 1. The Morgan fingerprint density at radius 1 is 0.895 bits per heavy atom.